The van der Waals surface area contributed by atoms with Gasteiger partial charge in [0.15, 0.2) is 4.34 Å². The third-order valence-corrected chi connectivity index (χ3v) is 7.72. The third-order valence-electron chi connectivity index (χ3n) is 5.66. The van der Waals surface area contributed by atoms with Crippen LogP contribution >= 0.6 is 23.1 Å². The summed E-state index contributed by atoms with van der Waals surface area (Å²) in [6.45, 7) is 3.89. The van der Waals surface area contributed by atoms with Crippen LogP contribution in [0, 0.1) is 0 Å². The molecule has 1 saturated carbocycles. The second kappa shape index (κ2) is 9.47. The van der Waals surface area contributed by atoms with Gasteiger partial charge >= 0.3 is 0 Å². The lowest BCUT2D eigenvalue weighted by molar-refractivity contribution is -0.119. The number of benzene rings is 1. The van der Waals surface area contributed by atoms with E-state index in [0.717, 1.165) is 29.2 Å². The lowest BCUT2D eigenvalue weighted by Crippen LogP contribution is -2.32. The Morgan fingerprint density at radius 1 is 1.23 bits per heavy atom. The van der Waals surface area contributed by atoms with Crippen LogP contribution in [0.4, 0.5) is 5.13 Å². The molecule has 0 unspecified atom stereocenters. The number of aromatic nitrogens is 2. The largest absolute Gasteiger partial charge is 0.349 e. The fourth-order valence-electron chi connectivity index (χ4n) is 3.84. The first-order valence-electron chi connectivity index (χ1n) is 10.7. The van der Waals surface area contributed by atoms with Crippen molar-refractivity contribution in [2.45, 2.75) is 75.2 Å². The van der Waals surface area contributed by atoms with Crippen molar-refractivity contribution in [2.24, 2.45) is 0 Å². The maximum absolute atomic E-state index is 12.5. The Hall–Kier alpha value is -1.93. The van der Waals surface area contributed by atoms with Crippen LogP contribution in [0.3, 0.4) is 0 Å². The number of amides is 2. The summed E-state index contributed by atoms with van der Waals surface area (Å²) >= 11 is 2.76. The molecule has 0 bridgehead atoms. The fourth-order valence-corrected chi connectivity index (χ4v) is 5.59. The number of nitrogens with zero attached hydrogens (tertiary/aromatic N) is 3. The number of thioether (sulfide) groups is 1. The normalized spacial score (nSPS) is 16.6. The van der Waals surface area contributed by atoms with Crippen molar-refractivity contribution in [1.82, 2.24) is 15.5 Å². The number of hydrogen-bond acceptors (Lipinski definition) is 6. The van der Waals surface area contributed by atoms with Gasteiger partial charge in [-0.1, -0.05) is 48.2 Å². The number of carbonyl (C=O) groups excluding carboxylic acids is 2. The molecule has 0 spiro atoms. The van der Waals surface area contributed by atoms with E-state index >= 15 is 0 Å². The molecule has 0 radical (unpaired) electrons. The van der Waals surface area contributed by atoms with Crippen molar-refractivity contribution < 1.29 is 9.59 Å². The number of hydrogen-bond donors (Lipinski definition) is 1. The zero-order valence-corrected chi connectivity index (χ0v) is 19.2. The van der Waals surface area contributed by atoms with Crippen molar-refractivity contribution in [3.63, 3.8) is 0 Å². The molecule has 1 fully saturated rings. The minimum atomic E-state index is -0.0251. The fraction of sp³-hybridized carbons (Fsp3) is 0.545. The molecule has 0 saturated heterocycles. The van der Waals surface area contributed by atoms with Crippen LogP contribution in [-0.4, -0.2) is 33.8 Å². The molecule has 1 heterocycles. The molecule has 1 atom stereocenters. The molecule has 0 aliphatic heterocycles. The number of fused-ring (bicyclic) bond motifs is 1. The monoisotopic (exact) mass is 444 g/mol. The zero-order chi connectivity index (χ0) is 21.1. The van der Waals surface area contributed by atoms with Gasteiger partial charge in [-0.3, -0.25) is 14.5 Å². The molecule has 2 aromatic rings. The summed E-state index contributed by atoms with van der Waals surface area (Å²) in [6, 6.07) is 6.84. The van der Waals surface area contributed by atoms with Crippen LogP contribution in [0.5, 0.6) is 0 Å². The van der Waals surface area contributed by atoms with E-state index in [4.69, 9.17) is 0 Å². The van der Waals surface area contributed by atoms with Gasteiger partial charge in [-0.05, 0) is 62.1 Å². The quantitative estimate of drug-likeness (QED) is 0.486. The van der Waals surface area contributed by atoms with Crippen LogP contribution in [0.15, 0.2) is 22.5 Å². The Morgan fingerprint density at radius 2 is 2.00 bits per heavy atom. The van der Waals surface area contributed by atoms with Gasteiger partial charge in [0.05, 0.1) is 11.8 Å². The highest BCUT2D eigenvalue weighted by Crippen LogP contribution is 2.36. The summed E-state index contributed by atoms with van der Waals surface area (Å²) in [4.78, 5) is 26.4. The predicted molar refractivity (Wildman–Crippen MR) is 121 cm³/mol. The maximum Gasteiger partial charge on any atom is 0.230 e. The molecule has 30 heavy (non-hydrogen) atoms. The van der Waals surface area contributed by atoms with Crippen molar-refractivity contribution in [2.75, 3.05) is 10.7 Å². The molecular formula is C22H28N4O2S2. The number of carbonyl (C=O) groups is 2. The maximum atomic E-state index is 12.5. The average molecular weight is 445 g/mol. The van der Waals surface area contributed by atoms with Gasteiger partial charge in [0, 0.05) is 12.5 Å². The van der Waals surface area contributed by atoms with Gasteiger partial charge in [-0.2, -0.15) is 0 Å². The minimum absolute atomic E-state index is 0.0225. The van der Waals surface area contributed by atoms with Crippen LogP contribution in [0.25, 0.3) is 0 Å². The molecule has 2 aliphatic carbocycles. The van der Waals surface area contributed by atoms with Crippen molar-refractivity contribution in [3.05, 3.63) is 34.9 Å². The highest BCUT2D eigenvalue weighted by molar-refractivity contribution is 8.01. The van der Waals surface area contributed by atoms with Crippen molar-refractivity contribution >= 4 is 40.0 Å². The first kappa shape index (κ1) is 21.3. The summed E-state index contributed by atoms with van der Waals surface area (Å²) < 4.78 is 0.719. The second-order valence-electron chi connectivity index (χ2n) is 8.01. The van der Waals surface area contributed by atoms with E-state index in [0.29, 0.717) is 11.6 Å². The average Bonchev–Trinajstić information content (AvgIpc) is 3.48. The number of aryl methyl sites for hydroxylation is 2. The molecule has 1 N–H and O–H groups in total. The summed E-state index contributed by atoms with van der Waals surface area (Å²) in [5.74, 6) is 0.349. The van der Waals surface area contributed by atoms with Gasteiger partial charge in [0.2, 0.25) is 16.9 Å². The predicted octanol–water partition coefficient (Wildman–Crippen LogP) is 4.29. The minimum Gasteiger partial charge on any atom is -0.349 e. The van der Waals surface area contributed by atoms with E-state index in [9.17, 15) is 9.59 Å². The van der Waals surface area contributed by atoms with E-state index in [1.54, 1.807) is 4.90 Å². The Kier molecular flexibility index (Phi) is 6.73. The number of nitrogens with one attached hydrogen (secondary N) is 1. The van der Waals surface area contributed by atoms with Crippen LogP contribution in [0.2, 0.25) is 0 Å². The molecule has 2 aliphatic rings. The summed E-state index contributed by atoms with van der Waals surface area (Å²) in [7, 11) is 0. The van der Waals surface area contributed by atoms with E-state index in [1.807, 2.05) is 13.8 Å². The lowest BCUT2D eigenvalue weighted by atomic mass is 9.89. The topological polar surface area (TPSA) is 75.2 Å². The van der Waals surface area contributed by atoms with Gasteiger partial charge in [-0.15, -0.1) is 10.2 Å². The highest BCUT2D eigenvalue weighted by atomic mass is 32.2. The van der Waals surface area contributed by atoms with E-state index in [1.165, 1.54) is 53.5 Å². The second-order valence-corrected chi connectivity index (χ2v) is 10.2. The smallest absolute Gasteiger partial charge is 0.230 e. The van der Waals surface area contributed by atoms with E-state index in [-0.39, 0.29) is 29.7 Å². The Bertz CT molecular complexity index is 926. The molecule has 4 rings (SSSR count). The Labute approximate surface area is 185 Å². The first-order valence-corrected chi connectivity index (χ1v) is 12.5. The zero-order valence-electron chi connectivity index (χ0n) is 17.5. The van der Waals surface area contributed by atoms with Gasteiger partial charge < -0.3 is 5.32 Å². The standard InChI is InChI=1S/C22H28N4O2S2/c1-3-20(28)26(18-10-11-18)21-24-25-22(30-21)29-13-19(27)23-14(2)16-9-8-15-6-4-5-7-17(15)12-16/h8-9,12,14,18H,3-7,10-11,13H2,1-2H3,(H,23,27)/t14-/m0/s1. The molecule has 1 aromatic heterocycles. The van der Waals surface area contributed by atoms with Crippen molar-refractivity contribution in [3.8, 4) is 0 Å². The van der Waals surface area contributed by atoms with Crippen LogP contribution in [-0.2, 0) is 22.4 Å². The molecule has 8 heteroatoms. The molecular weight excluding hydrogens is 416 g/mol. The Morgan fingerprint density at radius 3 is 2.73 bits per heavy atom. The first-order chi connectivity index (χ1) is 14.5. The number of anilines is 1. The van der Waals surface area contributed by atoms with Gasteiger partial charge in [0.25, 0.3) is 0 Å². The summed E-state index contributed by atoms with van der Waals surface area (Å²) in [5.41, 5.74) is 4.04. The molecule has 6 nitrogen and oxygen atoms in total. The Balaban J connectivity index is 1.31. The molecule has 1 aromatic carbocycles. The summed E-state index contributed by atoms with van der Waals surface area (Å²) in [6.07, 6.45) is 7.33. The van der Waals surface area contributed by atoms with Crippen molar-refractivity contribution in [1.29, 1.82) is 0 Å². The molecule has 160 valence electrons. The lowest BCUT2D eigenvalue weighted by Gasteiger charge is -2.20. The summed E-state index contributed by atoms with van der Waals surface area (Å²) in [5, 5.41) is 12.1. The highest BCUT2D eigenvalue weighted by Gasteiger charge is 2.35. The number of rotatable bonds is 8. The van der Waals surface area contributed by atoms with Gasteiger partial charge in [-0.25, -0.2) is 0 Å². The van der Waals surface area contributed by atoms with E-state index in [2.05, 4.69) is 33.7 Å². The molecule has 2 amide bonds. The SMILES string of the molecule is CCC(=O)N(c1nnc(SCC(=O)N[C@@H](C)c2ccc3c(c2)CCCC3)s1)C1CC1. The van der Waals surface area contributed by atoms with Gasteiger partial charge in [0.1, 0.15) is 0 Å². The van der Waals surface area contributed by atoms with E-state index < -0.39 is 0 Å². The third kappa shape index (κ3) is 5.03. The van der Waals surface area contributed by atoms with Crippen LogP contribution in [0.1, 0.15) is 68.7 Å². The van der Waals surface area contributed by atoms with Crippen LogP contribution < -0.4 is 10.2 Å².